The Hall–Kier alpha value is 0.300. The fraction of sp³-hybridized carbons (Fsp3) is 0.600. The van der Waals surface area contributed by atoms with Crippen LogP contribution >= 0.6 is 43.2 Å². The number of rotatable bonds is 15. The SMILES string of the molecule is O=C(CSSCCSSCC(=O)C(=O)CS(=O)O)C(=O)CS(=O)O. The Morgan fingerprint density at radius 2 is 0.958 bits per heavy atom. The zero-order valence-electron chi connectivity index (χ0n) is 12.0. The molecule has 8 nitrogen and oxygen atoms in total. The van der Waals surface area contributed by atoms with Gasteiger partial charge in [0.05, 0.1) is 11.5 Å². The molecule has 138 valence electrons. The third-order valence-electron chi connectivity index (χ3n) is 1.93. The second-order valence-corrected chi connectivity index (χ2v) is 10.8. The predicted octanol–water partition coefficient (Wildman–Crippen LogP) is 0.469. The van der Waals surface area contributed by atoms with E-state index >= 15 is 0 Å². The number of ketones is 4. The Labute approximate surface area is 159 Å². The Morgan fingerprint density at radius 1 is 0.625 bits per heavy atom. The molecule has 0 rings (SSSR count). The van der Waals surface area contributed by atoms with E-state index in [0.717, 1.165) is 21.6 Å². The van der Waals surface area contributed by atoms with E-state index in [0.29, 0.717) is 11.5 Å². The minimum absolute atomic E-state index is 0.0796. The van der Waals surface area contributed by atoms with E-state index in [9.17, 15) is 27.6 Å². The molecule has 0 aliphatic heterocycles. The third-order valence-corrected chi connectivity index (χ3v) is 7.75. The van der Waals surface area contributed by atoms with E-state index in [-0.39, 0.29) is 11.5 Å². The monoisotopic (exact) mass is 454 g/mol. The van der Waals surface area contributed by atoms with Gasteiger partial charge in [-0.3, -0.25) is 19.2 Å². The molecule has 0 amide bonds. The lowest BCUT2D eigenvalue weighted by atomic mass is 10.3. The predicted molar refractivity (Wildman–Crippen MR) is 101 cm³/mol. The molecule has 0 bridgehead atoms. The third kappa shape index (κ3) is 13.6. The van der Waals surface area contributed by atoms with E-state index in [1.54, 1.807) is 0 Å². The van der Waals surface area contributed by atoms with Crippen molar-refractivity contribution in [3.05, 3.63) is 0 Å². The average molecular weight is 455 g/mol. The van der Waals surface area contributed by atoms with Gasteiger partial charge in [0.25, 0.3) is 0 Å². The number of carbonyl (C=O) groups excluding carboxylic acids is 4. The topological polar surface area (TPSA) is 143 Å². The molecule has 0 heterocycles. The van der Waals surface area contributed by atoms with Crippen LogP contribution in [0.1, 0.15) is 0 Å². The summed E-state index contributed by atoms with van der Waals surface area (Å²) in [5.74, 6) is -3.45. The van der Waals surface area contributed by atoms with E-state index < -0.39 is 56.8 Å². The molecular weight excluding hydrogens is 441 g/mol. The van der Waals surface area contributed by atoms with Crippen molar-refractivity contribution in [1.29, 1.82) is 0 Å². The lowest BCUT2D eigenvalue weighted by molar-refractivity contribution is -0.133. The molecular formula is C10H14O8S6. The molecule has 2 N–H and O–H groups in total. The first-order valence-corrected chi connectivity index (χ1v) is 13.5. The largest absolute Gasteiger partial charge is 0.306 e. The number of hydrogen-bond acceptors (Lipinski definition) is 10. The van der Waals surface area contributed by atoms with Crippen molar-refractivity contribution < 1.29 is 36.7 Å². The standard InChI is InChI=1S/C10H14O8S6/c11-7(9(13)5-23(15)16)3-21-19-1-2-20-22-4-8(12)10(14)6-24(17)18/h1-6H2,(H,15,16)(H,17,18). The zero-order valence-corrected chi connectivity index (χ0v) is 16.9. The second-order valence-electron chi connectivity index (χ2n) is 3.79. The quantitative estimate of drug-likeness (QED) is 0.154. The molecule has 2 unspecified atom stereocenters. The van der Waals surface area contributed by atoms with Crippen LogP contribution in [-0.2, 0) is 41.3 Å². The fourth-order valence-corrected chi connectivity index (χ4v) is 6.25. The van der Waals surface area contributed by atoms with Crippen LogP contribution in [0.15, 0.2) is 0 Å². The van der Waals surface area contributed by atoms with Crippen molar-refractivity contribution in [2.24, 2.45) is 0 Å². The molecule has 24 heavy (non-hydrogen) atoms. The van der Waals surface area contributed by atoms with E-state index in [1.807, 2.05) is 0 Å². The number of hydrogen-bond donors (Lipinski definition) is 2. The van der Waals surface area contributed by atoms with E-state index in [2.05, 4.69) is 0 Å². The maximum Gasteiger partial charge on any atom is 0.214 e. The maximum absolute atomic E-state index is 11.3. The first-order valence-electron chi connectivity index (χ1n) is 5.99. The molecule has 0 fully saturated rings. The Morgan fingerprint density at radius 3 is 1.25 bits per heavy atom. The van der Waals surface area contributed by atoms with Gasteiger partial charge in [-0.05, 0) is 0 Å². The fourth-order valence-electron chi connectivity index (χ4n) is 0.923. The number of Topliss-reactive ketones (excluding diaryl/α,β-unsaturated/α-hetero) is 4. The van der Waals surface area contributed by atoms with Gasteiger partial charge in [-0.15, -0.1) is 0 Å². The molecule has 0 radical (unpaired) electrons. The van der Waals surface area contributed by atoms with Gasteiger partial charge in [0.2, 0.25) is 23.1 Å². The number of carbonyl (C=O) groups is 4. The van der Waals surface area contributed by atoms with Crippen LogP contribution < -0.4 is 0 Å². The first-order chi connectivity index (χ1) is 11.2. The molecule has 0 aliphatic rings. The summed E-state index contributed by atoms with van der Waals surface area (Å²) in [6.45, 7) is 0. The highest BCUT2D eigenvalue weighted by atomic mass is 33.1. The summed E-state index contributed by atoms with van der Waals surface area (Å²) in [6, 6.07) is 0. The molecule has 0 aliphatic carbocycles. The molecule has 0 saturated heterocycles. The molecule has 0 aromatic heterocycles. The van der Waals surface area contributed by atoms with Crippen LogP contribution in [0.2, 0.25) is 0 Å². The molecule has 0 aromatic rings. The van der Waals surface area contributed by atoms with Crippen molar-refractivity contribution in [3.8, 4) is 0 Å². The second kappa shape index (κ2) is 14.5. The lowest BCUT2D eigenvalue weighted by Gasteiger charge is -2.01. The molecule has 0 saturated carbocycles. The minimum atomic E-state index is -2.31. The molecule has 0 aromatic carbocycles. The highest BCUT2D eigenvalue weighted by molar-refractivity contribution is 8.78. The van der Waals surface area contributed by atoms with Gasteiger partial charge in [0.1, 0.15) is 11.5 Å². The van der Waals surface area contributed by atoms with E-state index in [4.69, 9.17) is 9.11 Å². The molecule has 0 spiro atoms. The van der Waals surface area contributed by atoms with Crippen molar-refractivity contribution >= 4 is 88.5 Å². The smallest absolute Gasteiger partial charge is 0.214 e. The van der Waals surface area contributed by atoms with Crippen LogP contribution in [0.4, 0.5) is 0 Å². The maximum atomic E-state index is 11.3. The van der Waals surface area contributed by atoms with Crippen LogP contribution in [0, 0.1) is 0 Å². The van der Waals surface area contributed by atoms with Gasteiger partial charge in [-0.2, -0.15) is 0 Å². The van der Waals surface area contributed by atoms with Gasteiger partial charge >= 0.3 is 0 Å². The summed E-state index contributed by atoms with van der Waals surface area (Å²) in [5, 5.41) is 0. The Kier molecular flexibility index (Phi) is 14.6. The van der Waals surface area contributed by atoms with Crippen molar-refractivity contribution in [2.45, 2.75) is 0 Å². The summed E-state index contributed by atoms with van der Waals surface area (Å²) in [6.07, 6.45) is 0. The van der Waals surface area contributed by atoms with Gasteiger partial charge < -0.3 is 9.11 Å². The average Bonchev–Trinajstić information content (AvgIpc) is 2.47. The van der Waals surface area contributed by atoms with Crippen LogP contribution in [0.3, 0.4) is 0 Å². The summed E-state index contributed by atoms with van der Waals surface area (Å²) in [5.41, 5.74) is 0. The Balaban J connectivity index is 3.61. The van der Waals surface area contributed by atoms with E-state index in [1.165, 1.54) is 21.6 Å². The van der Waals surface area contributed by atoms with Crippen molar-refractivity contribution in [3.63, 3.8) is 0 Å². The first kappa shape index (κ1) is 24.3. The van der Waals surface area contributed by atoms with Gasteiger partial charge in [-0.1, -0.05) is 43.2 Å². The van der Waals surface area contributed by atoms with Gasteiger partial charge in [-0.25, -0.2) is 8.42 Å². The molecule has 14 heteroatoms. The van der Waals surface area contributed by atoms with Crippen LogP contribution in [0.25, 0.3) is 0 Å². The normalized spacial score (nSPS) is 13.2. The van der Waals surface area contributed by atoms with Crippen molar-refractivity contribution in [2.75, 3.05) is 34.5 Å². The van der Waals surface area contributed by atoms with Crippen LogP contribution in [0.5, 0.6) is 0 Å². The van der Waals surface area contributed by atoms with Crippen LogP contribution in [-0.4, -0.2) is 75.2 Å². The Bertz CT molecular complexity index is 475. The summed E-state index contributed by atoms with van der Waals surface area (Å²) >= 11 is -4.63. The summed E-state index contributed by atoms with van der Waals surface area (Å²) in [4.78, 5) is 44.8. The van der Waals surface area contributed by atoms with Crippen molar-refractivity contribution in [1.82, 2.24) is 0 Å². The lowest BCUT2D eigenvalue weighted by Crippen LogP contribution is -2.22. The minimum Gasteiger partial charge on any atom is -0.306 e. The summed E-state index contributed by atoms with van der Waals surface area (Å²) in [7, 11) is 4.98. The van der Waals surface area contributed by atoms with Gasteiger partial charge in [0, 0.05) is 11.5 Å². The van der Waals surface area contributed by atoms with Gasteiger partial charge in [0.15, 0.2) is 22.2 Å². The zero-order chi connectivity index (χ0) is 18.5. The molecule has 2 atom stereocenters. The summed E-state index contributed by atoms with van der Waals surface area (Å²) < 4.78 is 37.7. The highest BCUT2D eigenvalue weighted by Gasteiger charge is 2.17. The highest BCUT2D eigenvalue weighted by Crippen LogP contribution is 2.27.